The van der Waals surface area contributed by atoms with Gasteiger partial charge in [0.25, 0.3) is 11.8 Å². The number of nitrogens with one attached hydrogen (secondary N) is 1. The van der Waals surface area contributed by atoms with Gasteiger partial charge in [-0.3, -0.25) is 9.59 Å². The lowest BCUT2D eigenvalue weighted by Crippen LogP contribution is -2.32. The minimum absolute atomic E-state index is 0.0936. The van der Waals surface area contributed by atoms with Crippen LogP contribution in [0.2, 0.25) is 0 Å². The number of carbonyl (C=O) groups is 4. The molecule has 3 rings (SSSR count). The van der Waals surface area contributed by atoms with E-state index in [1.54, 1.807) is 12.1 Å². The molecule has 0 aliphatic carbocycles. The average Bonchev–Trinajstić information content (AvgIpc) is 3.00. The Kier molecular flexibility index (Phi) is 6.71. The summed E-state index contributed by atoms with van der Waals surface area (Å²) >= 11 is 6.12. The van der Waals surface area contributed by atoms with Crippen LogP contribution in [-0.4, -0.2) is 37.5 Å². The third kappa shape index (κ3) is 4.59. The molecule has 0 radical (unpaired) electrons. The lowest BCUT2D eigenvalue weighted by Gasteiger charge is -2.15. The molecule has 2 aromatic carbocycles. The minimum Gasteiger partial charge on any atom is -0.465 e. The zero-order chi connectivity index (χ0) is 22.5. The number of halogens is 1. The van der Waals surface area contributed by atoms with Crippen LogP contribution in [0.5, 0.6) is 0 Å². The highest BCUT2D eigenvalue weighted by molar-refractivity contribution is 6.53. The number of carbonyl (C=O) groups excluding carboxylic acids is 4. The third-order valence-electron chi connectivity index (χ3n) is 4.40. The SMILES string of the molecule is CCCOC(=O)c1ccc(N2C(=O)C(Cl)=C(Nc3ccc(C(=O)OC)cc3)C2=O)cc1. The molecule has 0 saturated carbocycles. The van der Waals surface area contributed by atoms with E-state index < -0.39 is 23.8 Å². The number of ether oxygens (including phenoxy) is 2. The number of benzene rings is 2. The molecule has 1 aliphatic heterocycles. The number of amides is 2. The smallest absolute Gasteiger partial charge is 0.338 e. The maximum atomic E-state index is 12.8. The normalized spacial score (nSPS) is 13.5. The molecule has 1 heterocycles. The van der Waals surface area contributed by atoms with Gasteiger partial charge in [0.05, 0.1) is 30.5 Å². The number of rotatable bonds is 7. The van der Waals surface area contributed by atoms with Crippen molar-refractivity contribution < 1.29 is 28.7 Å². The number of anilines is 2. The molecular weight excluding hydrogens is 424 g/mol. The highest BCUT2D eigenvalue weighted by Crippen LogP contribution is 2.30. The van der Waals surface area contributed by atoms with Gasteiger partial charge in [0.2, 0.25) is 0 Å². The van der Waals surface area contributed by atoms with E-state index in [2.05, 4.69) is 10.1 Å². The number of nitrogens with zero attached hydrogens (tertiary/aromatic N) is 1. The van der Waals surface area contributed by atoms with Gasteiger partial charge in [-0.2, -0.15) is 0 Å². The fourth-order valence-electron chi connectivity index (χ4n) is 2.82. The van der Waals surface area contributed by atoms with Crippen LogP contribution < -0.4 is 10.2 Å². The van der Waals surface area contributed by atoms with Crippen molar-refractivity contribution in [3.8, 4) is 0 Å². The molecule has 160 valence electrons. The second-order valence-electron chi connectivity index (χ2n) is 6.51. The summed E-state index contributed by atoms with van der Waals surface area (Å²) in [5.41, 5.74) is 1.26. The second kappa shape index (κ2) is 9.44. The molecule has 9 heteroatoms. The van der Waals surface area contributed by atoms with Crippen LogP contribution in [-0.2, 0) is 19.1 Å². The molecule has 1 aliphatic rings. The molecule has 31 heavy (non-hydrogen) atoms. The highest BCUT2D eigenvalue weighted by atomic mass is 35.5. The Morgan fingerprint density at radius 3 is 2.10 bits per heavy atom. The number of imide groups is 1. The average molecular weight is 443 g/mol. The topological polar surface area (TPSA) is 102 Å². The number of methoxy groups -OCH3 is 1. The first-order valence-corrected chi connectivity index (χ1v) is 9.76. The summed E-state index contributed by atoms with van der Waals surface area (Å²) in [4.78, 5) is 49.8. The van der Waals surface area contributed by atoms with Gasteiger partial charge < -0.3 is 14.8 Å². The van der Waals surface area contributed by atoms with Crippen LogP contribution in [0.1, 0.15) is 34.1 Å². The van der Waals surface area contributed by atoms with Gasteiger partial charge in [-0.25, -0.2) is 14.5 Å². The predicted molar refractivity (Wildman–Crippen MR) is 114 cm³/mol. The van der Waals surface area contributed by atoms with Crippen molar-refractivity contribution in [3.05, 3.63) is 70.4 Å². The van der Waals surface area contributed by atoms with E-state index in [-0.39, 0.29) is 16.4 Å². The quantitative estimate of drug-likeness (QED) is 0.517. The maximum Gasteiger partial charge on any atom is 0.338 e. The van der Waals surface area contributed by atoms with Crippen molar-refractivity contribution in [3.63, 3.8) is 0 Å². The van der Waals surface area contributed by atoms with Gasteiger partial charge in [0.15, 0.2) is 0 Å². The van der Waals surface area contributed by atoms with Gasteiger partial charge in [-0.1, -0.05) is 18.5 Å². The molecule has 0 aromatic heterocycles. The van der Waals surface area contributed by atoms with Crippen molar-refractivity contribution in [1.82, 2.24) is 0 Å². The predicted octanol–water partition coefficient (Wildman–Crippen LogP) is 3.48. The Morgan fingerprint density at radius 2 is 1.52 bits per heavy atom. The van der Waals surface area contributed by atoms with Crippen molar-refractivity contribution in [1.29, 1.82) is 0 Å². The molecule has 8 nitrogen and oxygen atoms in total. The fourth-order valence-corrected chi connectivity index (χ4v) is 3.03. The summed E-state index contributed by atoms with van der Waals surface area (Å²) < 4.78 is 9.70. The molecule has 0 saturated heterocycles. The molecule has 0 unspecified atom stereocenters. The lowest BCUT2D eigenvalue weighted by molar-refractivity contribution is -0.120. The van der Waals surface area contributed by atoms with Gasteiger partial charge in [0, 0.05) is 5.69 Å². The van der Waals surface area contributed by atoms with E-state index in [0.717, 1.165) is 4.90 Å². The van der Waals surface area contributed by atoms with E-state index >= 15 is 0 Å². The first-order chi connectivity index (χ1) is 14.9. The molecule has 0 bridgehead atoms. The fraction of sp³-hybridized carbons (Fsp3) is 0.182. The van der Waals surface area contributed by atoms with Gasteiger partial charge >= 0.3 is 11.9 Å². The summed E-state index contributed by atoms with van der Waals surface area (Å²) in [5, 5.41) is 2.55. The van der Waals surface area contributed by atoms with E-state index in [4.69, 9.17) is 16.3 Å². The van der Waals surface area contributed by atoms with E-state index in [1.807, 2.05) is 6.92 Å². The maximum absolute atomic E-state index is 12.8. The summed E-state index contributed by atoms with van der Waals surface area (Å²) in [7, 11) is 1.27. The van der Waals surface area contributed by atoms with Crippen LogP contribution >= 0.6 is 11.6 Å². The molecule has 0 spiro atoms. The summed E-state index contributed by atoms with van der Waals surface area (Å²) in [6, 6.07) is 12.0. The minimum atomic E-state index is -0.693. The van der Waals surface area contributed by atoms with Crippen molar-refractivity contribution in [2.45, 2.75) is 13.3 Å². The Labute approximate surface area is 183 Å². The van der Waals surface area contributed by atoms with Crippen molar-refractivity contribution in [2.24, 2.45) is 0 Å². The molecule has 2 amide bonds. The van der Waals surface area contributed by atoms with Crippen molar-refractivity contribution in [2.75, 3.05) is 23.9 Å². The first-order valence-electron chi connectivity index (χ1n) is 9.38. The van der Waals surface area contributed by atoms with E-state index in [1.165, 1.54) is 43.5 Å². The zero-order valence-electron chi connectivity index (χ0n) is 16.8. The lowest BCUT2D eigenvalue weighted by atomic mass is 10.2. The van der Waals surface area contributed by atoms with E-state index in [0.29, 0.717) is 29.8 Å². The second-order valence-corrected chi connectivity index (χ2v) is 6.89. The van der Waals surface area contributed by atoms with Gasteiger partial charge in [0.1, 0.15) is 10.7 Å². The van der Waals surface area contributed by atoms with Crippen molar-refractivity contribution >= 4 is 46.7 Å². The Hall–Kier alpha value is -3.65. The zero-order valence-corrected chi connectivity index (χ0v) is 17.6. The van der Waals surface area contributed by atoms with E-state index in [9.17, 15) is 19.2 Å². The number of hydrogen-bond donors (Lipinski definition) is 1. The van der Waals surface area contributed by atoms with Crippen LogP contribution in [0.15, 0.2) is 59.3 Å². The number of hydrogen-bond acceptors (Lipinski definition) is 7. The number of esters is 2. The first kappa shape index (κ1) is 22.0. The van der Waals surface area contributed by atoms with Crippen LogP contribution in [0.4, 0.5) is 11.4 Å². The molecule has 1 N–H and O–H groups in total. The monoisotopic (exact) mass is 442 g/mol. The van der Waals surface area contributed by atoms with Gasteiger partial charge in [-0.05, 0) is 55.0 Å². The Bertz CT molecular complexity index is 1060. The standard InChI is InChI=1S/C22H19ClN2O6/c1-3-12-31-22(29)14-6-10-16(11-7-14)25-19(26)17(23)18(20(25)27)24-15-8-4-13(5-9-15)21(28)30-2/h4-11,24H,3,12H2,1-2H3. The Morgan fingerprint density at radius 1 is 0.935 bits per heavy atom. The van der Waals surface area contributed by atoms with Crippen LogP contribution in [0.3, 0.4) is 0 Å². The summed E-state index contributed by atoms with van der Waals surface area (Å²) in [6.45, 7) is 2.19. The Balaban J connectivity index is 1.76. The molecule has 2 aromatic rings. The van der Waals surface area contributed by atoms with Crippen LogP contribution in [0.25, 0.3) is 0 Å². The largest absolute Gasteiger partial charge is 0.465 e. The summed E-state index contributed by atoms with van der Waals surface area (Å²) in [6.07, 6.45) is 0.700. The highest BCUT2D eigenvalue weighted by Gasteiger charge is 2.39. The van der Waals surface area contributed by atoms with Gasteiger partial charge in [-0.15, -0.1) is 0 Å². The molecule has 0 atom stereocenters. The summed E-state index contributed by atoms with van der Waals surface area (Å²) in [5.74, 6) is -2.32. The molecule has 0 fully saturated rings. The third-order valence-corrected chi connectivity index (χ3v) is 4.75. The van der Waals surface area contributed by atoms with Crippen LogP contribution in [0, 0.1) is 0 Å². The molecular formula is C22H19ClN2O6.